The second-order valence-corrected chi connectivity index (χ2v) is 6.98. The Hall–Kier alpha value is -1.30. The Labute approximate surface area is 151 Å². The molecule has 1 rings (SSSR count). The van der Waals surface area contributed by atoms with Gasteiger partial charge >= 0.3 is 0 Å². The Morgan fingerprint density at radius 1 is 1.21 bits per heavy atom. The standard InChI is InChI=1S/C18H30N2O3.ClH/c1-18(2,3)13-20(17(21)16(19)12-22-4)11-10-14-6-8-15(23-5)9-7-14;/h6-9,16H,10-13,19H2,1-5H3;1H. The summed E-state index contributed by atoms with van der Waals surface area (Å²) in [5, 5.41) is 0. The van der Waals surface area contributed by atoms with Gasteiger partial charge in [0, 0.05) is 20.2 Å². The molecule has 2 N–H and O–H groups in total. The molecule has 0 bridgehead atoms. The van der Waals surface area contributed by atoms with E-state index in [4.69, 9.17) is 15.2 Å². The van der Waals surface area contributed by atoms with Crippen molar-refractivity contribution in [3.05, 3.63) is 29.8 Å². The number of hydrogen-bond acceptors (Lipinski definition) is 4. The molecular weight excluding hydrogens is 328 g/mol. The van der Waals surface area contributed by atoms with E-state index in [1.165, 1.54) is 0 Å². The molecule has 0 aromatic heterocycles. The Morgan fingerprint density at radius 2 is 1.79 bits per heavy atom. The summed E-state index contributed by atoms with van der Waals surface area (Å²) >= 11 is 0. The Kier molecular flexibility index (Phi) is 9.97. The SMILES string of the molecule is COCC(N)C(=O)N(CCc1ccc(OC)cc1)CC(C)(C)C.Cl. The number of rotatable bonds is 8. The predicted molar refractivity (Wildman–Crippen MR) is 99.8 cm³/mol. The van der Waals surface area contributed by atoms with Crippen molar-refractivity contribution in [2.45, 2.75) is 33.2 Å². The van der Waals surface area contributed by atoms with E-state index in [0.717, 1.165) is 17.7 Å². The lowest BCUT2D eigenvalue weighted by atomic mass is 9.95. The van der Waals surface area contributed by atoms with Gasteiger partial charge in [-0.15, -0.1) is 12.4 Å². The molecule has 0 spiro atoms. The summed E-state index contributed by atoms with van der Waals surface area (Å²) in [5.74, 6) is 0.772. The Balaban J connectivity index is 0.00000529. The van der Waals surface area contributed by atoms with Gasteiger partial charge in [-0.25, -0.2) is 0 Å². The molecule has 0 heterocycles. The number of carbonyl (C=O) groups excluding carboxylic acids is 1. The minimum absolute atomic E-state index is 0. The summed E-state index contributed by atoms with van der Waals surface area (Å²) in [6.07, 6.45) is 0.783. The predicted octanol–water partition coefficient (Wildman–Crippen LogP) is 2.51. The molecule has 1 unspecified atom stereocenters. The van der Waals surface area contributed by atoms with Gasteiger partial charge in [0.1, 0.15) is 11.8 Å². The van der Waals surface area contributed by atoms with Crippen molar-refractivity contribution in [3.63, 3.8) is 0 Å². The maximum Gasteiger partial charge on any atom is 0.241 e. The van der Waals surface area contributed by atoms with Crippen molar-refractivity contribution < 1.29 is 14.3 Å². The minimum Gasteiger partial charge on any atom is -0.497 e. The fourth-order valence-electron chi connectivity index (χ4n) is 2.38. The second-order valence-electron chi connectivity index (χ2n) is 6.98. The molecule has 0 radical (unpaired) electrons. The van der Waals surface area contributed by atoms with Gasteiger partial charge in [-0.2, -0.15) is 0 Å². The maximum absolute atomic E-state index is 12.5. The first-order chi connectivity index (χ1) is 10.8. The average Bonchev–Trinajstić information content (AvgIpc) is 2.50. The number of nitrogens with zero attached hydrogens (tertiary/aromatic N) is 1. The second kappa shape index (κ2) is 10.5. The molecule has 5 nitrogen and oxygen atoms in total. The molecule has 1 aromatic carbocycles. The van der Waals surface area contributed by atoms with Crippen molar-refractivity contribution >= 4 is 18.3 Å². The van der Waals surface area contributed by atoms with E-state index >= 15 is 0 Å². The van der Waals surface area contributed by atoms with Crippen LogP contribution in [0.4, 0.5) is 0 Å². The van der Waals surface area contributed by atoms with E-state index in [0.29, 0.717) is 13.1 Å². The lowest BCUT2D eigenvalue weighted by Crippen LogP contribution is -2.49. The van der Waals surface area contributed by atoms with E-state index in [2.05, 4.69) is 20.8 Å². The minimum atomic E-state index is -0.613. The van der Waals surface area contributed by atoms with Crippen LogP contribution in [0.2, 0.25) is 0 Å². The largest absolute Gasteiger partial charge is 0.497 e. The summed E-state index contributed by atoms with van der Waals surface area (Å²) in [7, 11) is 3.20. The quantitative estimate of drug-likeness (QED) is 0.775. The summed E-state index contributed by atoms with van der Waals surface area (Å²) in [5.41, 5.74) is 7.10. The molecular formula is C18H31ClN2O3. The van der Waals surface area contributed by atoms with E-state index in [-0.39, 0.29) is 30.3 Å². The van der Waals surface area contributed by atoms with Crippen LogP contribution in [0, 0.1) is 5.41 Å². The van der Waals surface area contributed by atoms with Crippen LogP contribution >= 0.6 is 12.4 Å². The van der Waals surface area contributed by atoms with Crippen LogP contribution in [0.15, 0.2) is 24.3 Å². The fraction of sp³-hybridized carbons (Fsp3) is 0.611. The van der Waals surface area contributed by atoms with Crippen molar-refractivity contribution in [1.82, 2.24) is 4.90 Å². The van der Waals surface area contributed by atoms with E-state index in [1.807, 2.05) is 29.2 Å². The highest BCUT2D eigenvalue weighted by Gasteiger charge is 2.25. The van der Waals surface area contributed by atoms with Crippen LogP contribution in [-0.2, 0) is 16.0 Å². The molecule has 0 fully saturated rings. The van der Waals surface area contributed by atoms with Gasteiger partial charge in [0.05, 0.1) is 13.7 Å². The zero-order valence-electron chi connectivity index (χ0n) is 15.4. The first kappa shape index (κ1) is 22.7. The first-order valence-electron chi connectivity index (χ1n) is 7.93. The molecule has 138 valence electrons. The molecule has 6 heteroatoms. The van der Waals surface area contributed by atoms with Gasteiger partial charge in [0.25, 0.3) is 0 Å². The number of nitrogens with two attached hydrogens (primary N) is 1. The van der Waals surface area contributed by atoms with Crippen LogP contribution in [0.5, 0.6) is 5.75 Å². The van der Waals surface area contributed by atoms with Crippen LogP contribution < -0.4 is 10.5 Å². The molecule has 0 saturated carbocycles. The highest BCUT2D eigenvalue weighted by Crippen LogP contribution is 2.17. The van der Waals surface area contributed by atoms with Gasteiger partial charge in [-0.1, -0.05) is 32.9 Å². The molecule has 1 amide bonds. The van der Waals surface area contributed by atoms with Crippen LogP contribution in [0.3, 0.4) is 0 Å². The smallest absolute Gasteiger partial charge is 0.241 e. The topological polar surface area (TPSA) is 64.8 Å². The number of methoxy groups -OCH3 is 2. The van der Waals surface area contributed by atoms with Gasteiger partial charge in [0.15, 0.2) is 0 Å². The van der Waals surface area contributed by atoms with Crippen LogP contribution in [0.1, 0.15) is 26.3 Å². The summed E-state index contributed by atoms with van der Waals surface area (Å²) < 4.78 is 10.2. The van der Waals surface area contributed by atoms with Gasteiger partial charge < -0.3 is 20.1 Å². The normalized spacial score (nSPS) is 12.2. The Bertz CT molecular complexity index is 486. The molecule has 0 aliphatic rings. The van der Waals surface area contributed by atoms with Gasteiger partial charge in [0.2, 0.25) is 5.91 Å². The van der Waals surface area contributed by atoms with E-state index in [1.54, 1.807) is 14.2 Å². The number of carbonyl (C=O) groups is 1. The monoisotopic (exact) mass is 358 g/mol. The Morgan fingerprint density at radius 3 is 2.25 bits per heavy atom. The average molecular weight is 359 g/mol. The van der Waals surface area contributed by atoms with Crippen LogP contribution in [-0.4, -0.2) is 50.8 Å². The lowest BCUT2D eigenvalue weighted by molar-refractivity contribution is -0.135. The highest BCUT2D eigenvalue weighted by atomic mass is 35.5. The molecule has 0 saturated heterocycles. The molecule has 1 atom stereocenters. The van der Waals surface area contributed by atoms with Crippen LogP contribution in [0.25, 0.3) is 0 Å². The van der Waals surface area contributed by atoms with E-state index in [9.17, 15) is 4.79 Å². The zero-order chi connectivity index (χ0) is 17.5. The number of amides is 1. The van der Waals surface area contributed by atoms with Crippen molar-refractivity contribution in [2.75, 3.05) is 33.9 Å². The number of ether oxygens (including phenoxy) is 2. The summed E-state index contributed by atoms with van der Waals surface area (Å²) in [6.45, 7) is 7.88. The molecule has 1 aromatic rings. The number of benzene rings is 1. The molecule has 0 aliphatic carbocycles. The molecule has 0 aliphatic heterocycles. The third-order valence-corrected chi connectivity index (χ3v) is 3.47. The van der Waals surface area contributed by atoms with Gasteiger partial charge in [-0.05, 0) is 29.5 Å². The summed E-state index contributed by atoms with van der Waals surface area (Å²) in [4.78, 5) is 14.4. The fourth-order valence-corrected chi connectivity index (χ4v) is 2.38. The van der Waals surface area contributed by atoms with E-state index < -0.39 is 6.04 Å². The van der Waals surface area contributed by atoms with Crippen molar-refractivity contribution in [2.24, 2.45) is 11.1 Å². The molecule has 24 heavy (non-hydrogen) atoms. The third kappa shape index (κ3) is 7.99. The highest BCUT2D eigenvalue weighted by molar-refractivity contribution is 5.85. The zero-order valence-corrected chi connectivity index (χ0v) is 16.2. The number of hydrogen-bond donors (Lipinski definition) is 1. The maximum atomic E-state index is 12.5. The van der Waals surface area contributed by atoms with Crippen molar-refractivity contribution in [3.8, 4) is 5.75 Å². The third-order valence-electron chi connectivity index (χ3n) is 3.47. The van der Waals surface area contributed by atoms with Crippen molar-refractivity contribution in [1.29, 1.82) is 0 Å². The lowest BCUT2D eigenvalue weighted by Gasteiger charge is -2.32. The summed E-state index contributed by atoms with van der Waals surface area (Å²) in [6, 6.07) is 7.30. The van der Waals surface area contributed by atoms with Gasteiger partial charge in [-0.3, -0.25) is 4.79 Å². The first-order valence-corrected chi connectivity index (χ1v) is 7.93. The number of halogens is 1.